The molecule has 0 bridgehead atoms. The summed E-state index contributed by atoms with van der Waals surface area (Å²) in [5, 5.41) is 6.29. The van der Waals surface area contributed by atoms with Crippen LogP contribution in [0.1, 0.15) is 5.56 Å². The Labute approximate surface area is 139 Å². The summed E-state index contributed by atoms with van der Waals surface area (Å²) in [5.74, 6) is 1.34. The third-order valence-corrected chi connectivity index (χ3v) is 3.62. The second-order valence-corrected chi connectivity index (χ2v) is 5.56. The summed E-state index contributed by atoms with van der Waals surface area (Å²) in [5.41, 5.74) is 1.74. The molecule has 0 aliphatic carbocycles. The Kier molecular flexibility index (Phi) is 4.88. The molecule has 2 N–H and O–H groups in total. The quantitative estimate of drug-likeness (QED) is 0.901. The van der Waals surface area contributed by atoms with Crippen LogP contribution in [0.4, 0.5) is 10.5 Å². The van der Waals surface area contributed by atoms with Crippen LogP contribution in [-0.2, 0) is 6.42 Å². The highest BCUT2D eigenvalue weighted by atomic mass is 35.5. The van der Waals surface area contributed by atoms with Gasteiger partial charge in [-0.05, 0) is 36.2 Å². The van der Waals surface area contributed by atoms with E-state index in [-0.39, 0.29) is 6.03 Å². The van der Waals surface area contributed by atoms with Crippen molar-refractivity contribution in [2.24, 2.45) is 0 Å². The van der Waals surface area contributed by atoms with Crippen LogP contribution >= 0.6 is 11.6 Å². The maximum atomic E-state index is 11.9. The van der Waals surface area contributed by atoms with E-state index in [1.807, 2.05) is 24.3 Å². The van der Waals surface area contributed by atoms with Gasteiger partial charge in [-0.15, -0.1) is 0 Å². The van der Waals surface area contributed by atoms with Crippen molar-refractivity contribution < 1.29 is 14.3 Å². The lowest BCUT2D eigenvalue weighted by molar-refractivity contribution is 0.171. The van der Waals surface area contributed by atoms with Crippen LogP contribution in [0, 0.1) is 0 Å². The molecule has 0 fully saturated rings. The molecule has 1 heterocycles. The zero-order valence-electron chi connectivity index (χ0n) is 12.5. The maximum absolute atomic E-state index is 11.9. The average molecular weight is 333 g/mol. The zero-order valence-corrected chi connectivity index (χ0v) is 13.2. The van der Waals surface area contributed by atoms with Crippen molar-refractivity contribution in [3.05, 3.63) is 53.1 Å². The van der Waals surface area contributed by atoms with Gasteiger partial charge in [-0.2, -0.15) is 0 Å². The van der Waals surface area contributed by atoms with E-state index in [2.05, 4.69) is 10.6 Å². The predicted octanol–water partition coefficient (Wildman–Crippen LogP) is 3.48. The summed E-state index contributed by atoms with van der Waals surface area (Å²) < 4.78 is 10.9. The van der Waals surface area contributed by atoms with Gasteiger partial charge in [0, 0.05) is 23.3 Å². The first-order valence-electron chi connectivity index (χ1n) is 7.40. The number of hydrogen-bond acceptors (Lipinski definition) is 3. The molecule has 0 aromatic heterocycles. The lowest BCUT2D eigenvalue weighted by Crippen LogP contribution is -2.30. The number of urea groups is 1. The van der Waals surface area contributed by atoms with Crippen molar-refractivity contribution in [1.29, 1.82) is 0 Å². The average Bonchev–Trinajstić information content (AvgIpc) is 2.55. The third kappa shape index (κ3) is 4.29. The first kappa shape index (κ1) is 15.5. The van der Waals surface area contributed by atoms with Gasteiger partial charge in [0.2, 0.25) is 0 Å². The predicted molar refractivity (Wildman–Crippen MR) is 89.6 cm³/mol. The van der Waals surface area contributed by atoms with E-state index >= 15 is 0 Å². The number of fused-ring (bicyclic) bond motifs is 1. The second kappa shape index (κ2) is 7.24. The third-order valence-electron chi connectivity index (χ3n) is 3.39. The molecule has 3 rings (SSSR count). The molecular weight excluding hydrogens is 316 g/mol. The highest BCUT2D eigenvalue weighted by Gasteiger charge is 2.12. The molecule has 120 valence electrons. The maximum Gasteiger partial charge on any atom is 0.319 e. The number of nitrogens with one attached hydrogen (secondary N) is 2. The topological polar surface area (TPSA) is 59.6 Å². The van der Waals surface area contributed by atoms with E-state index in [0.29, 0.717) is 42.0 Å². The smallest absolute Gasteiger partial charge is 0.319 e. The van der Waals surface area contributed by atoms with E-state index in [9.17, 15) is 4.79 Å². The van der Waals surface area contributed by atoms with E-state index in [1.165, 1.54) is 0 Å². The Bertz CT molecular complexity index is 706. The first-order valence-corrected chi connectivity index (χ1v) is 7.77. The van der Waals surface area contributed by atoms with Crippen molar-refractivity contribution in [2.75, 3.05) is 25.1 Å². The SMILES string of the molecule is O=C(NCCc1cccc(Cl)c1)Nc1ccc2c(c1)OCCO2. The summed E-state index contributed by atoms with van der Waals surface area (Å²) in [6, 6.07) is 12.7. The van der Waals surface area contributed by atoms with Crippen LogP contribution in [0.5, 0.6) is 11.5 Å². The van der Waals surface area contributed by atoms with Gasteiger partial charge in [-0.25, -0.2) is 4.79 Å². The van der Waals surface area contributed by atoms with Crippen LogP contribution in [-0.4, -0.2) is 25.8 Å². The molecule has 2 amide bonds. The molecule has 0 spiro atoms. The van der Waals surface area contributed by atoms with Gasteiger partial charge in [0.1, 0.15) is 13.2 Å². The van der Waals surface area contributed by atoms with Crippen molar-refractivity contribution in [3.8, 4) is 11.5 Å². The molecule has 2 aromatic rings. The minimum atomic E-state index is -0.260. The van der Waals surface area contributed by atoms with Gasteiger partial charge in [-0.1, -0.05) is 23.7 Å². The van der Waals surface area contributed by atoms with Crippen molar-refractivity contribution in [3.63, 3.8) is 0 Å². The van der Waals surface area contributed by atoms with Gasteiger partial charge in [0.15, 0.2) is 11.5 Å². The lowest BCUT2D eigenvalue weighted by atomic mass is 10.1. The number of anilines is 1. The minimum absolute atomic E-state index is 0.260. The van der Waals surface area contributed by atoms with Gasteiger partial charge >= 0.3 is 6.03 Å². The van der Waals surface area contributed by atoms with E-state index in [4.69, 9.17) is 21.1 Å². The molecule has 0 saturated heterocycles. The molecule has 2 aromatic carbocycles. The molecule has 0 radical (unpaired) electrons. The largest absolute Gasteiger partial charge is 0.486 e. The number of ether oxygens (including phenoxy) is 2. The minimum Gasteiger partial charge on any atom is -0.486 e. The highest BCUT2D eigenvalue weighted by Crippen LogP contribution is 2.32. The zero-order chi connectivity index (χ0) is 16.1. The Morgan fingerprint density at radius 3 is 2.74 bits per heavy atom. The Hall–Kier alpha value is -2.40. The number of hydrogen-bond donors (Lipinski definition) is 2. The van der Waals surface area contributed by atoms with Gasteiger partial charge in [-0.3, -0.25) is 0 Å². The summed E-state index contributed by atoms with van der Waals surface area (Å²) >= 11 is 5.93. The number of halogens is 1. The fourth-order valence-corrected chi connectivity index (χ4v) is 2.52. The number of carbonyl (C=O) groups excluding carboxylic acids is 1. The molecule has 0 atom stereocenters. The molecule has 0 unspecified atom stereocenters. The fourth-order valence-electron chi connectivity index (χ4n) is 2.31. The van der Waals surface area contributed by atoms with Crippen LogP contribution in [0.25, 0.3) is 0 Å². The van der Waals surface area contributed by atoms with Gasteiger partial charge < -0.3 is 20.1 Å². The van der Waals surface area contributed by atoms with E-state index in [1.54, 1.807) is 18.2 Å². The normalized spacial score (nSPS) is 12.6. The number of amides is 2. The van der Waals surface area contributed by atoms with Crippen LogP contribution < -0.4 is 20.1 Å². The molecule has 23 heavy (non-hydrogen) atoms. The standard InChI is InChI=1S/C17H17ClN2O3/c18-13-3-1-2-12(10-13)6-7-19-17(21)20-14-4-5-15-16(11-14)23-9-8-22-15/h1-5,10-11H,6-9H2,(H2,19,20,21). The molecular formula is C17H17ClN2O3. The molecule has 1 aliphatic heterocycles. The molecule has 0 saturated carbocycles. The van der Waals surface area contributed by atoms with Crippen LogP contribution in [0.3, 0.4) is 0 Å². The molecule has 6 heteroatoms. The summed E-state index contributed by atoms with van der Waals surface area (Å²) in [6.07, 6.45) is 0.717. The van der Waals surface area contributed by atoms with Crippen LogP contribution in [0.15, 0.2) is 42.5 Å². The molecule has 1 aliphatic rings. The summed E-state index contributed by atoms with van der Waals surface area (Å²) in [7, 11) is 0. The Balaban J connectivity index is 1.49. The highest BCUT2D eigenvalue weighted by molar-refractivity contribution is 6.30. The number of carbonyl (C=O) groups is 1. The van der Waals surface area contributed by atoms with Crippen molar-refractivity contribution in [1.82, 2.24) is 5.32 Å². The Morgan fingerprint density at radius 1 is 1.09 bits per heavy atom. The fraction of sp³-hybridized carbons (Fsp3) is 0.235. The molecule has 5 nitrogen and oxygen atoms in total. The lowest BCUT2D eigenvalue weighted by Gasteiger charge is -2.19. The van der Waals surface area contributed by atoms with Crippen molar-refractivity contribution >= 4 is 23.3 Å². The van der Waals surface area contributed by atoms with Gasteiger partial charge in [0.25, 0.3) is 0 Å². The second-order valence-electron chi connectivity index (χ2n) is 5.12. The van der Waals surface area contributed by atoms with Crippen molar-refractivity contribution in [2.45, 2.75) is 6.42 Å². The number of benzene rings is 2. The Morgan fingerprint density at radius 2 is 1.91 bits per heavy atom. The van der Waals surface area contributed by atoms with E-state index < -0.39 is 0 Å². The summed E-state index contributed by atoms with van der Waals surface area (Å²) in [6.45, 7) is 1.59. The van der Waals surface area contributed by atoms with Gasteiger partial charge in [0.05, 0.1) is 0 Å². The number of rotatable bonds is 4. The first-order chi connectivity index (χ1) is 11.2. The monoisotopic (exact) mass is 332 g/mol. The van der Waals surface area contributed by atoms with E-state index in [0.717, 1.165) is 12.0 Å². The summed E-state index contributed by atoms with van der Waals surface area (Å²) in [4.78, 5) is 11.9. The van der Waals surface area contributed by atoms with Crippen LogP contribution in [0.2, 0.25) is 5.02 Å².